The zero-order valence-electron chi connectivity index (χ0n) is 26.0. The number of rotatable bonds is 6. The van der Waals surface area contributed by atoms with Gasteiger partial charge in [-0.25, -0.2) is 0 Å². The van der Waals surface area contributed by atoms with Crippen molar-refractivity contribution in [2.45, 2.75) is 6.92 Å². The maximum atomic E-state index is 10.5. The van der Waals surface area contributed by atoms with Gasteiger partial charge in [0, 0.05) is 38.3 Å². The SMILES string of the molecule is CC1=C/C(=C(\C#N)C(=C(C#N)C#N)c2ccccc2)C=C(/C=C/c2ccc(-n3c4ccccc4c4ccccc43)s2)N1c1ccccc1. The van der Waals surface area contributed by atoms with E-state index in [1.165, 1.54) is 10.8 Å². The molecule has 0 fully saturated rings. The van der Waals surface area contributed by atoms with E-state index < -0.39 is 0 Å². The molecule has 3 heterocycles. The lowest BCUT2D eigenvalue weighted by molar-refractivity contribution is 1.07. The molecule has 0 unspecified atom stereocenters. The van der Waals surface area contributed by atoms with Crippen molar-refractivity contribution in [1.82, 2.24) is 4.57 Å². The highest BCUT2D eigenvalue weighted by Crippen LogP contribution is 2.37. The average molecular weight is 634 g/mol. The third kappa shape index (κ3) is 5.42. The van der Waals surface area contributed by atoms with Crippen LogP contribution in [0.15, 0.2) is 168 Å². The van der Waals surface area contributed by atoms with Crippen LogP contribution in [0.4, 0.5) is 5.69 Å². The van der Waals surface area contributed by atoms with Crippen LogP contribution in [0.25, 0.3) is 38.5 Å². The number of benzene rings is 4. The number of anilines is 1. The Morgan fingerprint density at radius 1 is 0.646 bits per heavy atom. The molecule has 0 radical (unpaired) electrons. The van der Waals surface area contributed by atoms with Gasteiger partial charge in [-0.2, -0.15) is 15.8 Å². The summed E-state index contributed by atoms with van der Waals surface area (Å²) < 4.78 is 2.31. The van der Waals surface area contributed by atoms with E-state index in [0.717, 1.165) is 38.0 Å². The van der Waals surface area contributed by atoms with Crippen LogP contribution in [-0.2, 0) is 0 Å². The topological polar surface area (TPSA) is 79.5 Å². The lowest BCUT2D eigenvalue weighted by Gasteiger charge is -2.30. The molecule has 226 valence electrons. The van der Waals surface area contributed by atoms with Gasteiger partial charge in [0.15, 0.2) is 0 Å². The van der Waals surface area contributed by atoms with Crippen molar-refractivity contribution in [2.75, 3.05) is 4.90 Å². The lowest BCUT2D eigenvalue weighted by Crippen LogP contribution is -2.22. The van der Waals surface area contributed by atoms with Gasteiger partial charge in [-0.3, -0.25) is 0 Å². The zero-order valence-corrected chi connectivity index (χ0v) is 26.8. The van der Waals surface area contributed by atoms with E-state index >= 15 is 0 Å². The summed E-state index contributed by atoms with van der Waals surface area (Å²) in [7, 11) is 0. The predicted octanol–water partition coefficient (Wildman–Crippen LogP) is 10.5. The van der Waals surface area contributed by atoms with E-state index in [1.807, 2.05) is 91.9 Å². The molecule has 0 spiro atoms. The normalized spacial score (nSPS) is 13.8. The Kier molecular flexibility index (Phi) is 8.13. The average Bonchev–Trinajstić information content (AvgIpc) is 3.74. The van der Waals surface area contributed by atoms with E-state index in [9.17, 15) is 15.8 Å². The van der Waals surface area contributed by atoms with Crippen molar-refractivity contribution >= 4 is 50.5 Å². The molecule has 5 nitrogen and oxygen atoms in total. The number of allylic oxidation sites excluding steroid dienone is 8. The Labute approximate surface area is 283 Å². The van der Waals surface area contributed by atoms with Gasteiger partial charge in [0.2, 0.25) is 0 Å². The van der Waals surface area contributed by atoms with Gasteiger partial charge < -0.3 is 9.47 Å². The van der Waals surface area contributed by atoms with Crippen molar-refractivity contribution in [3.05, 3.63) is 178 Å². The number of fused-ring (bicyclic) bond motifs is 3. The summed E-state index contributed by atoms with van der Waals surface area (Å²) in [6.07, 6.45) is 8.03. The minimum atomic E-state index is -0.108. The molecule has 0 N–H and O–H groups in total. The van der Waals surface area contributed by atoms with E-state index in [2.05, 4.69) is 88.4 Å². The number of nitrogens with zero attached hydrogens (tertiary/aromatic N) is 5. The van der Waals surface area contributed by atoms with E-state index in [0.29, 0.717) is 16.7 Å². The first kappa shape index (κ1) is 30.0. The Bertz CT molecular complexity index is 2410. The zero-order chi connectivity index (χ0) is 33.0. The second kappa shape index (κ2) is 13.0. The van der Waals surface area contributed by atoms with E-state index in [4.69, 9.17) is 0 Å². The maximum Gasteiger partial charge on any atom is 0.138 e. The van der Waals surface area contributed by atoms with Crippen LogP contribution in [0.2, 0.25) is 0 Å². The summed E-state index contributed by atoms with van der Waals surface area (Å²) in [5, 5.41) is 33.8. The van der Waals surface area contributed by atoms with Crippen LogP contribution >= 0.6 is 11.3 Å². The number of hydrogen-bond donors (Lipinski definition) is 0. The van der Waals surface area contributed by atoms with Gasteiger partial charge in [-0.15, -0.1) is 11.3 Å². The van der Waals surface area contributed by atoms with Crippen LogP contribution in [0, 0.1) is 34.0 Å². The lowest BCUT2D eigenvalue weighted by atomic mass is 9.89. The smallest absolute Gasteiger partial charge is 0.138 e. The fourth-order valence-corrected chi connectivity index (χ4v) is 7.19. The summed E-state index contributed by atoms with van der Waals surface area (Å²) in [6.45, 7) is 2.00. The molecular weight excluding hydrogens is 607 g/mol. The molecule has 0 saturated heterocycles. The van der Waals surface area contributed by atoms with Crippen molar-refractivity contribution in [3.8, 4) is 23.2 Å². The van der Waals surface area contributed by atoms with E-state index in [-0.39, 0.29) is 11.1 Å². The first-order chi connectivity index (χ1) is 23.6. The van der Waals surface area contributed by atoms with Crippen LogP contribution in [0.3, 0.4) is 0 Å². The summed E-state index contributed by atoms with van der Waals surface area (Å²) in [5.74, 6) is 0. The third-order valence-electron chi connectivity index (χ3n) is 8.31. The van der Waals surface area contributed by atoms with Crippen molar-refractivity contribution in [1.29, 1.82) is 15.8 Å². The van der Waals surface area contributed by atoms with E-state index in [1.54, 1.807) is 11.3 Å². The largest absolute Gasteiger partial charge is 0.314 e. The highest BCUT2D eigenvalue weighted by Gasteiger charge is 2.23. The minimum Gasteiger partial charge on any atom is -0.314 e. The van der Waals surface area contributed by atoms with Crippen LogP contribution in [0.1, 0.15) is 17.4 Å². The molecular formula is C42H27N5S. The Morgan fingerprint density at radius 2 is 1.25 bits per heavy atom. The molecule has 6 heteroatoms. The standard InChI is InChI=1S/C42H27N5S/c1-29-24-31(38(28-45)42(32(26-43)27-44)30-12-4-2-5-13-30)25-34(46(29)33-14-6-3-7-15-33)20-21-35-22-23-41(48-35)47-39-18-10-8-16-36(39)37-17-9-11-19-40(37)47/h2-25H,1H3/b21-20+,38-31-. The van der Waals surface area contributed by atoms with Gasteiger partial charge in [0.1, 0.15) is 28.8 Å². The number of thiophene rings is 1. The maximum absolute atomic E-state index is 10.5. The molecule has 0 atom stereocenters. The molecule has 0 bridgehead atoms. The number of aromatic nitrogens is 1. The molecule has 48 heavy (non-hydrogen) atoms. The number of nitriles is 3. The van der Waals surface area contributed by atoms with Gasteiger partial charge in [0.25, 0.3) is 0 Å². The second-order valence-electron chi connectivity index (χ2n) is 11.2. The summed E-state index contributed by atoms with van der Waals surface area (Å²) in [6, 6.07) is 46.8. The summed E-state index contributed by atoms with van der Waals surface area (Å²) in [5.41, 5.74) is 6.79. The molecule has 2 aromatic heterocycles. The monoisotopic (exact) mass is 633 g/mol. The first-order valence-electron chi connectivity index (χ1n) is 15.4. The van der Waals surface area contributed by atoms with Crippen molar-refractivity contribution < 1.29 is 0 Å². The summed E-state index contributed by atoms with van der Waals surface area (Å²) >= 11 is 1.70. The van der Waals surface area contributed by atoms with Gasteiger partial charge in [-0.05, 0) is 78.8 Å². The minimum absolute atomic E-state index is 0.108. The number of para-hydroxylation sites is 3. The summed E-state index contributed by atoms with van der Waals surface area (Å²) in [4.78, 5) is 3.21. The third-order valence-corrected chi connectivity index (χ3v) is 9.35. The molecule has 0 aliphatic carbocycles. The first-order valence-corrected chi connectivity index (χ1v) is 16.2. The Balaban J connectivity index is 1.35. The predicted molar refractivity (Wildman–Crippen MR) is 196 cm³/mol. The molecule has 4 aromatic carbocycles. The molecule has 1 aliphatic rings. The molecule has 0 amide bonds. The van der Waals surface area contributed by atoms with Gasteiger partial charge in [0.05, 0.1) is 16.6 Å². The second-order valence-corrected chi connectivity index (χ2v) is 12.3. The number of hydrogen-bond acceptors (Lipinski definition) is 5. The Hall–Kier alpha value is -6.65. The highest BCUT2D eigenvalue weighted by molar-refractivity contribution is 7.15. The van der Waals surface area contributed by atoms with Gasteiger partial charge in [-0.1, -0.05) is 84.9 Å². The quantitative estimate of drug-likeness (QED) is 0.171. The molecule has 0 saturated carbocycles. The molecule has 6 aromatic rings. The van der Waals surface area contributed by atoms with Crippen molar-refractivity contribution in [3.63, 3.8) is 0 Å². The Morgan fingerprint density at radius 3 is 1.88 bits per heavy atom. The van der Waals surface area contributed by atoms with Crippen molar-refractivity contribution in [2.24, 2.45) is 0 Å². The molecule has 1 aliphatic heterocycles. The van der Waals surface area contributed by atoms with Crippen LogP contribution in [0.5, 0.6) is 0 Å². The van der Waals surface area contributed by atoms with Gasteiger partial charge >= 0.3 is 0 Å². The van der Waals surface area contributed by atoms with Crippen LogP contribution < -0.4 is 4.90 Å². The van der Waals surface area contributed by atoms with Crippen LogP contribution in [-0.4, -0.2) is 4.57 Å². The fourth-order valence-electron chi connectivity index (χ4n) is 6.26. The highest BCUT2D eigenvalue weighted by atomic mass is 32.1. The molecule has 7 rings (SSSR count). The fraction of sp³-hybridized carbons (Fsp3) is 0.0238.